The van der Waals surface area contributed by atoms with Gasteiger partial charge in [-0.2, -0.15) is 8.42 Å². The Morgan fingerprint density at radius 1 is 1.10 bits per heavy atom. The third-order valence-electron chi connectivity index (χ3n) is 5.67. The van der Waals surface area contributed by atoms with Gasteiger partial charge in [-0.15, -0.1) is 0 Å². The van der Waals surface area contributed by atoms with Gasteiger partial charge in [0.25, 0.3) is 0 Å². The average Bonchev–Trinajstić information content (AvgIpc) is 2.95. The Bertz CT molecular complexity index is 1090. The van der Waals surface area contributed by atoms with Crippen molar-refractivity contribution >= 4 is 32.5 Å². The summed E-state index contributed by atoms with van der Waals surface area (Å²) in [5.41, 5.74) is 1.16. The molecule has 7 nitrogen and oxygen atoms in total. The van der Waals surface area contributed by atoms with E-state index >= 15 is 0 Å². The Kier molecular flexibility index (Phi) is 5.12. The van der Waals surface area contributed by atoms with E-state index in [0.29, 0.717) is 12.2 Å². The molecule has 154 valence electrons. The molecule has 0 spiro atoms. The fourth-order valence-corrected chi connectivity index (χ4v) is 5.21. The largest absolute Gasteiger partial charge is 0.506 e. The number of fused-ring (bicyclic) bond motifs is 1. The lowest BCUT2D eigenvalue weighted by molar-refractivity contribution is -0.124. The highest BCUT2D eigenvalue weighted by Crippen LogP contribution is 2.36. The minimum atomic E-state index is -3.97. The van der Waals surface area contributed by atoms with Crippen LogP contribution in [0.15, 0.2) is 42.4 Å². The van der Waals surface area contributed by atoms with Crippen molar-refractivity contribution < 1.29 is 23.4 Å². The summed E-state index contributed by atoms with van der Waals surface area (Å²) in [6.45, 7) is 0. The normalized spacial score (nSPS) is 21.2. The molecule has 1 heterocycles. The number of hydrogen-bond donors (Lipinski definition) is 3. The molecule has 0 radical (unpaired) electrons. The van der Waals surface area contributed by atoms with E-state index in [9.17, 15) is 23.4 Å². The predicted octanol–water partition coefficient (Wildman–Crippen LogP) is 3.64. The molecule has 0 bridgehead atoms. The Morgan fingerprint density at radius 2 is 1.93 bits per heavy atom. The molecule has 1 fully saturated rings. The van der Waals surface area contributed by atoms with Crippen LogP contribution in [0.3, 0.4) is 0 Å². The predicted molar refractivity (Wildman–Crippen MR) is 111 cm³/mol. The molecule has 2 aliphatic rings. The van der Waals surface area contributed by atoms with E-state index in [-0.39, 0.29) is 17.4 Å². The number of anilines is 1. The summed E-state index contributed by atoms with van der Waals surface area (Å²) in [5, 5.41) is 21.4. The Morgan fingerprint density at radius 3 is 2.66 bits per heavy atom. The number of carbonyl (C=O) groups is 1. The van der Waals surface area contributed by atoms with Gasteiger partial charge in [0, 0.05) is 12.3 Å². The van der Waals surface area contributed by atoms with Crippen LogP contribution >= 0.6 is 0 Å². The lowest BCUT2D eigenvalue weighted by Gasteiger charge is -2.20. The van der Waals surface area contributed by atoms with Crippen molar-refractivity contribution in [1.82, 2.24) is 4.72 Å². The summed E-state index contributed by atoms with van der Waals surface area (Å²) in [7, 11) is -3.97. The number of aromatic hydroxyl groups is 1. The van der Waals surface area contributed by atoms with Crippen LogP contribution < -0.4 is 9.03 Å². The van der Waals surface area contributed by atoms with Crippen molar-refractivity contribution in [2.75, 3.05) is 4.31 Å². The van der Waals surface area contributed by atoms with Gasteiger partial charge in [-0.05, 0) is 60.6 Å². The SMILES string of the molecule is O=C1CCCCC1CCCc1ccc2cc(O)c(N3C=C(O)NS3(=O)=O)cc2c1. The molecule has 0 amide bonds. The maximum absolute atomic E-state index is 12.1. The van der Waals surface area contributed by atoms with E-state index in [1.807, 2.05) is 22.9 Å². The van der Waals surface area contributed by atoms with Crippen LogP contribution in [0.4, 0.5) is 5.69 Å². The van der Waals surface area contributed by atoms with Crippen LogP contribution in [-0.2, 0) is 21.4 Å². The molecule has 1 aliphatic heterocycles. The summed E-state index contributed by atoms with van der Waals surface area (Å²) < 4.78 is 27.0. The fraction of sp³-hybridized carbons (Fsp3) is 0.381. The molecule has 8 heteroatoms. The lowest BCUT2D eigenvalue weighted by Crippen LogP contribution is -2.29. The number of aliphatic hydroxyl groups excluding tert-OH is 1. The topological polar surface area (TPSA) is 107 Å². The molecule has 2 aromatic rings. The molecule has 0 aromatic heterocycles. The number of phenols is 1. The fourth-order valence-electron chi connectivity index (χ4n) is 4.16. The first-order valence-electron chi connectivity index (χ1n) is 9.85. The van der Waals surface area contributed by atoms with Gasteiger partial charge < -0.3 is 10.2 Å². The molecular formula is C21H24N2O5S. The van der Waals surface area contributed by atoms with Gasteiger partial charge in [0.15, 0.2) is 0 Å². The van der Waals surface area contributed by atoms with Crippen molar-refractivity contribution in [3.05, 3.63) is 48.0 Å². The first-order valence-corrected chi connectivity index (χ1v) is 11.3. The van der Waals surface area contributed by atoms with E-state index in [2.05, 4.69) is 0 Å². The van der Waals surface area contributed by atoms with Gasteiger partial charge in [0.1, 0.15) is 17.2 Å². The van der Waals surface area contributed by atoms with Crippen LogP contribution in [0, 0.1) is 5.92 Å². The molecule has 4 rings (SSSR count). The third kappa shape index (κ3) is 4.03. The quantitative estimate of drug-likeness (QED) is 0.690. The number of Topliss-reactive ketones (excluding diaryl/α,β-unsaturated/α-hetero) is 1. The number of aliphatic hydroxyl groups is 1. The molecule has 0 saturated heterocycles. The van der Waals surface area contributed by atoms with Crippen molar-refractivity contribution in [1.29, 1.82) is 0 Å². The molecule has 1 aliphatic carbocycles. The van der Waals surface area contributed by atoms with Gasteiger partial charge in [-0.1, -0.05) is 24.6 Å². The summed E-state index contributed by atoms with van der Waals surface area (Å²) in [6.07, 6.45) is 7.54. The molecule has 29 heavy (non-hydrogen) atoms. The second kappa shape index (κ2) is 7.59. The van der Waals surface area contributed by atoms with Gasteiger partial charge >= 0.3 is 10.2 Å². The van der Waals surface area contributed by atoms with Crippen molar-refractivity contribution in [2.45, 2.75) is 44.9 Å². The number of ketones is 1. The Labute approximate surface area is 169 Å². The van der Waals surface area contributed by atoms with Crippen molar-refractivity contribution in [2.24, 2.45) is 5.92 Å². The first-order chi connectivity index (χ1) is 13.8. The minimum absolute atomic E-state index is 0.0685. The number of rotatable bonds is 5. The number of nitrogens with one attached hydrogen (secondary N) is 1. The van der Waals surface area contributed by atoms with E-state index in [1.54, 1.807) is 6.07 Å². The number of benzene rings is 2. The summed E-state index contributed by atoms with van der Waals surface area (Å²) in [6, 6.07) is 8.95. The maximum Gasteiger partial charge on any atom is 0.330 e. The zero-order chi connectivity index (χ0) is 20.6. The van der Waals surface area contributed by atoms with E-state index in [4.69, 9.17) is 0 Å². The monoisotopic (exact) mass is 416 g/mol. The van der Waals surface area contributed by atoms with Gasteiger partial charge in [-0.25, -0.2) is 9.03 Å². The first kappa shape index (κ1) is 19.6. The highest BCUT2D eigenvalue weighted by molar-refractivity contribution is 7.91. The third-order valence-corrected chi connectivity index (χ3v) is 6.95. The van der Waals surface area contributed by atoms with Crippen LogP contribution in [0.5, 0.6) is 5.75 Å². The van der Waals surface area contributed by atoms with Crippen molar-refractivity contribution in [3.63, 3.8) is 0 Å². The number of nitrogens with zero attached hydrogens (tertiary/aromatic N) is 1. The number of phenolic OH excluding ortho intramolecular Hbond substituents is 1. The highest BCUT2D eigenvalue weighted by Gasteiger charge is 2.30. The average molecular weight is 416 g/mol. The second-order valence-corrected chi connectivity index (χ2v) is 9.29. The zero-order valence-electron chi connectivity index (χ0n) is 16.0. The van der Waals surface area contributed by atoms with Crippen LogP contribution in [0.1, 0.15) is 44.1 Å². The standard InChI is InChI=1S/C21H24N2O5S/c24-19-7-2-1-5-15(19)6-3-4-14-8-9-16-12-20(25)18(11-17(16)10-14)23-13-21(26)22-29(23,27)28/h8-13,15,22,25-26H,1-7H2. The molecule has 1 unspecified atom stereocenters. The molecule has 1 atom stereocenters. The van der Waals surface area contributed by atoms with Crippen molar-refractivity contribution in [3.8, 4) is 5.75 Å². The van der Waals surface area contributed by atoms with E-state index < -0.39 is 16.1 Å². The molecule has 1 saturated carbocycles. The highest BCUT2D eigenvalue weighted by atomic mass is 32.2. The van der Waals surface area contributed by atoms with Crippen LogP contribution in [-0.4, -0.2) is 24.4 Å². The summed E-state index contributed by atoms with van der Waals surface area (Å²) in [5.74, 6) is -0.111. The molecular weight excluding hydrogens is 392 g/mol. The minimum Gasteiger partial charge on any atom is -0.506 e. The zero-order valence-corrected chi connectivity index (χ0v) is 16.8. The summed E-state index contributed by atoms with van der Waals surface area (Å²) in [4.78, 5) is 12.0. The summed E-state index contributed by atoms with van der Waals surface area (Å²) >= 11 is 0. The lowest BCUT2D eigenvalue weighted by atomic mass is 9.84. The number of carbonyl (C=O) groups excluding carboxylic acids is 1. The smallest absolute Gasteiger partial charge is 0.330 e. The molecule has 2 aromatic carbocycles. The van der Waals surface area contributed by atoms with Crippen LogP contribution in [0.25, 0.3) is 10.8 Å². The molecule has 3 N–H and O–H groups in total. The Hall–Kier alpha value is -2.74. The van der Waals surface area contributed by atoms with Gasteiger partial charge in [0.2, 0.25) is 5.88 Å². The van der Waals surface area contributed by atoms with E-state index in [0.717, 1.165) is 65.4 Å². The van der Waals surface area contributed by atoms with Crippen LogP contribution in [0.2, 0.25) is 0 Å². The van der Waals surface area contributed by atoms with Gasteiger partial charge in [-0.3, -0.25) is 4.79 Å². The maximum atomic E-state index is 12.1. The Balaban J connectivity index is 1.54. The van der Waals surface area contributed by atoms with E-state index in [1.165, 1.54) is 6.07 Å². The number of aryl methyl sites for hydroxylation is 1. The van der Waals surface area contributed by atoms with Gasteiger partial charge in [0.05, 0.1) is 6.20 Å². The number of hydrogen-bond acceptors (Lipinski definition) is 5. The second-order valence-electron chi connectivity index (χ2n) is 7.74.